The molecule has 0 heterocycles. The first-order valence-corrected chi connectivity index (χ1v) is 18.5. The Bertz CT molecular complexity index is 1740. The second-order valence-corrected chi connectivity index (χ2v) is 14.6. The molecule has 0 unspecified atom stereocenters. The number of rotatable bonds is 14. The minimum Gasteiger partial charge on any atom is -0.872 e. The average molecular weight is 1040 g/mol. The SMILES string of the molecule is CC(C)(CN=Cc1ccccc1[O-])CN=Cc1ccccc1[O-].CC(C)(CN=Cc1ccccc1[O-])CN=Cc1ccccc1[O-].CN(C)C=O.CN(C)C=O.O=N[O-].O=N[O-].[Cu+2].[Ni+2].[Ni+2]. The van der Waals surface area contributed by atoms with Gasteiger partial charge in [-0.2, -0.15) is 0 Å². The van der Waals surface area contributed by atoms with Gasteiger partial charge < -0.3 is 50.5 Å². The zero-order valence-corrected chi connectivity index (χ0v) is 40.0. The Hall–Kier alpha value is -5.99. The van der Waals surface area contributed by atoms with Crippen molar-refractivity contribution in [1.82, 2.24) is 9.80 Å². The van der Waals surface area contributed by atoms with Crippen molar-refractivity contribution in [3.8, 4) is 23.0 Å². The number of amides is 2. The van der Waals surface area contributed by atoms with Gasteiger partial charge in [-0.05, 0) is 22.3 Å². The fraction of sp³-hybridized carbons (Fsp3) is 0.318. The van der Waals surface area contributed by atoms with Crippen LogP contribution in [0, 0.1) is 31.1 Å². The Kier molecular flexibility index (Phi) is 42.7. The summed E-state index contributed by atoms with van der Waals surface area (Å²) in [6, 6.07) is 27.2. The number of carbonyl (C=O) groups excluding carboxylic acids is 2. The molecule has 0 N–H and O–H groups in total. The van der Waals surface area contributed by atoms with Crippen LogP contribution in [-0.2, 0) is 59.6 Å². The summed E-state index contributed by atoms with van der Waals surface area (Å²) in [4.78, 5) is 55.2. The van der Waals surface area contributed by atoms with E-state index >= 15 is 0 Å². The molecule has 361 valence electrons. The van der Waals surface area contributed by atoms with Gasteiger partial charge in [0, 0.05) is 90.1 Å². The summed E-state index contributed by atoms with van der Waals surface area (Å²) >= 11 is 0. The molecule has 0 aliphatic carbocycles. The van der Waals surface area contributed by atoms with Crippen LogP contribution in [0.5, 0.6) is 23.0 Å². The van der Waals surface area contributed by atoms with Gasteiger partial charge in [0.2, 0.25) is 12.8 Å². The van der Waals surface area contributed by atoms with E-state index in [-0.39, 0.29) is 83.9 Å². The predicted octanol–water partition coefficient (Wildman–Crippen LogP) is 4.70. The monoisotopic (exact) mass is 1030 g/mol. The van der Waals surface area contributed by atoms with Gasteiger partial charge >= 0.3 is 50.1 Å². The first-order chi connectivity index (χ1) is 29.3. The molecule has 0 saturated heterocycles. The number of benzene rings is 4. The van der Waals surface area contributed by atoms with Crippen LogP contribution in [0.3, 0.4) is 0 Å². The molecule has 0 atom stereocenters. The molecule has 21 heteroatoms. The largest absolute Gasteiger partial charge is 2.00 e. The Balaban J connectivity index is -0.000000268. The second kappa shape index (κ2) is 40.8. The van der Waals surface area contributed by atoms with E-state index in [1.807, 2.05) is 52.0 Å². The summed E-state index contributed by atoms with van der Waals surface area (Å²) in [5.74, 6) is -0.114. The molecule has 0 bridgehead atoms. The maximum Gasteiger partial charge on any atom is 2.00 e. The maximum absolute atomic E-state index is 11.6. The summed E-state index contributed by atoms with van der Waals surface area (Å²) in [5.41, 5.74) is 2.06. The van der Waals surface area contributed by atoms with E-state index in [0.29, 0.717) is 48.4 Å². The van der Waals surface area contributed by atoms with Crippen molar-refractivity contribution in [2.24, 2.45) is 41.5 Å². The standard InChI is InChI=1S/2C19H22N2O2.2C3H7NO.Cu.2HNO2.2Ni/c2*1-19(2,13-20-11-15-7-3-5-9-17(15)22)14-21-12-16-8-4-6-10-18(16)23;2*1-4(2)3-5;;2*2-1-3;;/h2*3-12,22-23H,13-14H2,1-2H3;2*3H,1-2H3;;2*(H,2,3);;/q;;;;+2;;;2*+2/p-6. The minimum absolute atomic E-state index is 0. The summed E-state index contributed by atoms with van der Waals surface area (Å²) < 4.78 is 0. The van der Waals surface area contributed by atoms with Gasteiger partial charge in [-0.3, -0.25) is 29.6 Å². The van der Waals surface area contributed by atoms with Gasteiger partial charge in [-0.25, -0.2) is 0 Å². The first kappa shape index (κ1) is 68.1. The number of aliphatic imine (C=N–C) groups is 4. The number of nitrogens with zero attached hydrogens (tertiary/aromatic N) is 8. The molecule has 0 aromatic heterocycles. The van der Waals surface area contributed by atoms with Crippen molar-refractivity contribution in [2.45, 2.75) is 27.7 Å². The minimum atomic E-state index is -0.150. The first-order valence-electron chi connectivity index (χ1n) is 18.5. The van der Waals surface area contributed by atoms with E-state index in [2.05, 4.69) is 20.0 Å². The molecule has 4 aromatic carbocycles. The van der Waals surface area contributed by atoms with Gasteiger partial charge in [0.25, 0.3) is 0 Å². The van der Waals surface area contributed by atoms with Crippen molar-refractivity contribution >= 4 is 37.7 Å². The Labute approximate surface area is 411 Å². The predicted molar refractivity (Wildman–Crippen MR) is 239 cm³/mol. The topological polar surface area (TPSA) is 287 Å². The van der Waals surface area contributed by atoms with E-state index < -0.39 is 0 Å². The van der Waals surface area contributed by atoms with Crippen LogP contribution in [0.1, 0.15) is 49.9 Å². The number of para-hydroxylation sites is 4. The number of hydrogen-bond acceptors (Lipinski definition) is 16. The molecular formula is C44H54CuN8Ni2O10. The average Bonchev–Trinajstić information content (AvgIpc) is 3.22. The zero-order chi connectivity index (χ0) is 47.4. The van der Waals surface area contributed by atoms with Crippen molar-refractivity contribution in [1.29, 1.82) is 0 Å². The Morgan fingerprint density at radius 1 is 0.446 bits per heavy atom. The van der Waals surface area contributed by atoms with E-state index in [0.717, 1.165) is 23.5 Å². The van der Waals surface area contributed by atoms with E-state index in [1.165, 1.54) is 34.1 Å². The van der Waals surface area contributed by atoms with E-state index in [1.54, 1.807) is 102 Å². The number of carbonyl (C=O) groups is 2. The molecule has 4 aromatic rings. The molecule has 0 saturated carbocycles. The molecular weight excluding hydrogens is 981 g/mol. The molecule has 0 aliphatic heterocycles. The molecule has 18 nitrogen and oxygen atoms in total. The molecule has 0 aliphatic rings. The van der Waals surface area contributed by atoms with Gasteiger partial charge in [0.05, 0.1) is 0 Å². The third-order valence-electron chi connectivity index (χ3n) is 7.10. The zero-order valence-electron chi connectivity index (χ0n) is 37.1. The second-order valence-electron chi connectivity index (χ2n) is 14.6. The van der Waals surface area contributed by atoms with Crippen LogP contribution in [0.25, 0.3) is 0 Å². The third-order valence-corrected chi connectivity index (χ3v) is 7.10. The third kappa shape index (κ3) is 37.1. The summed E-state index contributed by atoms with van der Waals surface area (Å²) in [7, 11) is 6.75. The van der Waals surface area contributed by atoms with Crippen molar-refractivity contribution in [3.05, 3.63) is 140 Å². The molecule has 65 heavy (non-hydrogen) atoms. The van der Waals surface area contributed by atoms with Crippen LogP contribution in [0.15, 0.2) is 128 Å². The van der Waals surface area contributed by atoms with Gasteiger partial charge in [0.15, 0.2) is 0 Å². The smallest absolute Gasteiger partial charge is 0.872 e. The number of hydrogen-bond donors (Lipinski definition) is 0. The Morgan fingerprint density at radius 3 is 0.738 bits per heavy atom. The fourth-order valence-electron chi connectivity index (χ4n) is 4.01. The molecule has 0 spiro atoms. The van der Waals surface area contributed by atoms with Crippen LogP contribution in [-0.4, -0.2) is 102 Å². The van der Waals surface area contributed by atoms with Crippen LogP contribution in [0.4, 0.5) is 0 Å². The normalized spacial score (nSPS) is 10.1. The van der Waals surface area contributed by atoms with Gasteiger partial charge in [-0.15, -0.1) is 33.7 Å². The fourth-order valence-corrected chi connectivity index (χ4v) is 4.01. The maximum atomic E-state index is 11.6. The molecule has 1 radical (unpaired) electrons. The Morgan fingerprint density at radius 2 is 0.600 bits per heavy atom. The molecule has 0 fully saturated rings. The summed E-state index contributed by atoms with van der Waals surface area (Å²) in [6.07, 6.45) is 7.95. The van der Waals surface area contributed by atoms with Gasteiger partial charge in [-0.1, -0.05) is 125 Å². The summed E-state index contributed by atoms with van der Waals surface area (Å²) in [6.45, 7) is 10.4. The van der Waals surface area contributed by atoms with Crippen molar-refractivity contribution in [2.75, 3.05) is 54.4 Å². The quantitative estimate of drug-likeness (QED) is 0.0552. The molecule has 4 rings (SSSR count). The van der Waals surface area contributed by atoms with Crippen LogP contribution in [0.2, 0.25) is 0 Å². The van der Waals surface area contributed by atoms with Gasteiger partial charge in [0.1, 0.15) is 0 Å². The molecule has 2 amide bonds. The van der Waals surface area contributed by atoms with Crippen LogP contribution < -0.4 is 20.4 Å². The van der Waals surface area contributed by atoms with Crippen molar-refractivity contribution < 1.29 is 80.1 Å². The van der Waals surface area contributed by atoms with Crippen molar-refractivity contribution in [3.63, 3.8) is 0 Å². The summed E-state index contributed by atoms with van der Waals surface area (Å²) in [5, 5.41) is 64.4. The van der Waals surface area contributed by atoms with Crippen LogP contribution >= 0.6 is 0 Å². The van der Waals surface area contributed by atoms with E-state index in [9.17, 15) is 30.0 Å². The van der Waals surface area contributed by atoms with E-state index in [4.69, 9.17) is 20.2 Å².